The third kappa shape index (κ3) is 2.44. The van der Waals surface area contributed by atoms with Crippen LogP contribution in [0.3, 0.4) is 0 Å². The van der Waals surface area contributed by atoms with E-state index in [1.807, 2.05) is 30.3 Å². The first-order valence-electron chi connectivity index (χ1n) is 6.73. The fraction of sp³-hybridized carbons (Fsp3) is 0.235. The van der Waals surface area contributed by atoms with Gasteiger partial charge in [0.05, 0.1) is 19.8 Å². The standard InChI is InChI=1S/C17H16O4/c1-19-12-9-13-16(14(10-12)20-2)15(21-17(13)18)8-11-6-4-3-5-7-11/h3-7,9-10,15H,8H2,1-2H3/t15-/m1/s1. The predicted octanol–water partition coefficient (Wildman–Crippen LogP) is 3.16. The maximum absolute atomic E-state index is 12.1. The van der Waals surface area contributed by atoms with E-state index >= 15 is 0 Å². The molecule has 0 spiro atoms. The molecule has 0 fully saturated rings. The molecule has 0 saturated carbocycles. The van der Waals surface area contributed by atoms with Crippen LogP contribution in [0.25, 0.3) is 0 Å². The van der Waals surface area contributed by atoms with Crippen molar-refractivity contribution in [1.29, 1.82) is 0 Å². The molecule has 21 heavy (non-hydrogen) atoms. The molecule has 1 aliphatic rings. The van der Waals surface area contributed by atoms with Crippen molar-refractivity contribution in [1.82, 2.24) is 0 Å². The summed E-state index contributed by atoms with van der Waals surface area (Å²) in [5, 5.41) is 0. The minimum Gasteiger partial charge on any atom is -0.497 e. The lowest BCUT2D eigenvalue weighted by Crippen LogP contribution is -2.04. The Morgan fingerprint density at radius 3 is 2.52 bits per heavy atom. The molecule has 0 radical (unpaired) electrons. The van der Waals surface area contributed by atoms with E-state index < -0.39 is 0 Å². The summed E-state index contributed by atoms with van der Waals surface area (Å²) < 4.78 is 16.1. The Labute approximate surface area is 123 Å². The Hall–Kier alpha value is -2.49. The second kappa shape index (κ2) is 5.48. The van der Waals surface area contributed by atoms with Crippen molar-refractivity contribution in [3.63, 3.8) is 0 Å². The average Bonchev–Trinajstić information content (AvgIpc) is 2.83. The molecule has 0 aromatic heterocycles. The number of carbonyl (C=O) groups excluding carboxylic acids is 1. The summed E-state index contributed by atoms with van der Waals surface area (Å²) in [5.74, 6) is 0.877. The zero-order chi connectivity index (χ0) is 14.8. The monoisotopic (exact) mass is 284 g/mol. The molecule has 2 aromatic rings. The number of fused-ring (bicyclic) bond motifs is 1. The van der Waals surface area contributed by atoms with Gasteiger partial charge in [-0.3, -0.25) is 0 Å². The van der Waals surface area contributed by atoms with Gasteiger partial charge in [-0.2, -0.15) is 0 Å². The molecule has 1 heterocycles. The minimum absolute atomic E-state index is 0.323. The largest absolute Gasteiger partial charge is 0.497 e. The van der Waals surface area contributed by atoms with Gasteiger partial charge in [-0.25, -0.2) is 4.79 Å². The Morgan fingerprint density at radius 2 is 1.86 bits per heavy atom. The molecule has 0 aliphatic carbocycles. The number of cyclic esters (lactones) is 1. The highest BCUT2D eigenvalue weighted by molar-refractivity contribution is 5.95. The molecule has 0 unspecified atom stereocenters. The summed E-state index contributed by atoms with van der Waals surface area (Å²) in [7, 11) is 3.14. The van der Waals surface area contributed by atoms with Gasteiger partial charge in [0.25, 0.3) is 0 Å². The van der Waals surface area contributed by atoms with Gasteiger partial charge in [0.1, 0.15) is 17.6 Å². The molecule has 1 atom stereocenters. The summed E-state index contributed by atoms with van der Waals surface area (Å²) in [4.78, 5) is 12.1. The van der Waals surface area contributed by atoms with Crippen molar-refractivity contribution >= 4 is 5.97 Å². The quantitative estimate of drug-likeness (QED) is 0.809. The van der Waals surface area contributed by atoms with Crippen molar-refractivity contribution in [3.05, 3.63) is 59.2 Å². The Morgan fingerprint density at radius 1 is 1.10 bits per heavy atom. The SMILES string of the molecule is COc1cc(OC)c2c(c1)C(=O)O[C@@H]2Cc1ccccc1. The van der Waals surface area contributed by atoms with Crippen LogP contribution in [0.1, 0.15) is 27.6 Å². The summed E-state index contributed by atoms with van der Waals surface area (Å²) in [6, 6.07) is 13.4. The van der Waals surface area contributed by atoms with Gasteiger partial charge in [-0.15, -0.1) is 0 Å². The first kappa shape index (κ1) is 13.5. The zero-order valence-electron chi connectivity index (χ0n) is 12.0. The lowest BCUT2D eigenvalue weighted by molar-refractivity contribution is 0.0384. The molecular formula is C17H16O4. The second-order valence-corrected chi connectivity index (χ2v) is 4.87. The van der Waals surface area contributed by atoms with Crippen LogP contribution in [0.5, 0.6) is 11.5 Å². The van der Waals surface area contributed by atoms with Crippen molar-refractivity contribution in [2.45, 2.75) is 12.5 Å². The van der Waals surface area contributed by atoms with Gasteiger partial charge in [-0.05, 0) is 11.6 Å². The lowest BCUT2D eigenvalue weighted by Gasteiger charge is -2.14. The van der Waals surface area contributed by atoms with Gasteiger partial charge in [0.2, 0.25) is 0 Å². The van der Waals surface area contributed by atoms with E-state index in [9.17, 15) is 4.79 Å². The molecule has 0 N–H and O–H groups in total. The van der Waals surface area contributed by atoms with E-state index in [0.717, 1.165) is 11.1 Å². The number of carbonyl (C=O) groups is 1. The Balaban J connectivity index is 2.00. The molecule has 1 aliphatic heterocycles. The van der Waals surface area contributed by atoms with Crippen LogP contribution in [0.15, 0.2) is 42.5 Å². The molecule has 0 saturated heterocycles. The molecule has 4 nitrogen and oxygen atoms in total. The van der Waals surface area contributed by atoms with E-state index in [1.165, 1.54) is 0 Å². The van der Waals surface area contributed by atoms with Crippen LogP contribution < -0.4 is 9.47 Å². The summed E-state index contributed by atoms with van der Waals surface area (Å²) in [6.45, 7) is 0. The van der Waals surface area contributed by atoms with Crippen LogP contribution in [-0.4, -0.2) is 20.2 Å². The van der Waals surface area contributed by atoms with Crippen molar-refractivity contribution in [3.8, 4) is 11.5 Å². The van der Waals surface area contributed by atoms with Crippen molar-refractivity contribution in [2.75, 3.05) is 14.2 Å². The fourth-order valence-corrected chi connectivity index (χ4v) is 2.61. The van der Waals surface area contributed by atoms with E-state index in [1.54, 1.807) is 26.4 Å². The maximum Gasteiger partial charge on any atom is 0.339 e. The van der Waals surface area contributed by atoms with Crippen LogP contribution in [-0.2, 0) is 11.2 Å². The smallest absolute Gasteiger partial charge is 0.339 e. The summed E-state index contributed by atoms with van der Waals surface area (Å²) >= 11 is 0. The number of rotatable bonds is 4. The molecule has 2 aromatic carbocycles. The molecule has 3 rings (SSSR count). The third-order valence-corrected chi connectivity index (χ3v) is 3.63. The average molecular weight is 284 g/mol. The highest BCUT2D eigenvalue weighted by atomic mass is 16.6. The summed E-state index contributed by atoms with van der Waals surface area (Å²) in [6.07, 6.45) is 0.304. The number of hydrogen-bond acceptors (Lipinski definition) is 4. The highest BCUT2D eigenvalue weighted by Crippen LogP contribution is 2.41. The maximum atomic E-state index is 12.1. The Bertz CT molecular complexity index is 664. The molecule has 0 amide bonds. The van der Waals surface area contributed by atoms with Gasteiger partial charge >= 0.3 is 5.97 Å². The third-order valence-electron chi connectivity index (χ3n) is 3.63. The van der Waals surface area contributed by atoms with Crippen LogP contribution in [0, 0.1) is 0 Å². The van der Waals surface area contributed by atoms with E-state index in [2.05, 4.69) is 0 Å². The number of ether oxygens (including phenoxy) is 3. The van der Waals surface area contributed by atoms with Crippen LogP contribution >= 0.6 is 0 Å². The first-order chi connectivity index (χ1) is 10.2. The molecule has 108 valence electrons. The first-order valence-corrected chi connectivity index (χ1v) is 6.73. The molecule has 0 bridgehead atoms. The van der Waals surface area contributed by atoms with E-state index in [0.29, 0.717) is 23.5 Å². The van der Waals surface area contributed by atoms with Crippen molar-refractivity contribution < 1.29 is 19.0 Å². The predicted molar refractivity (Wildman–Crippen MR) is 77.8 cm³/mol. The van der Waals surface area contributed by atoms with Crippen LogP contribution in [0.2, 0.25) is 0 Å². The van der Waals surface area contributed by atoms with E-state index in [-0.39, 0.29) is 12.1 Å². The zero-order valence-corrected chi connectivity index (χ0v) is 12.0. The number of methoxy groups -OCH3 is 2. The normalized spacial score (nSPS) is 16.3. The highest BCUT2D eigenvalue weighted by Gasteiger charge is 2.35. The minimum atomic E-state index is -0.330. The summed E-state index contributed by atoms with van der Waals surface area (Å²) in [5.41, 5.74) is 2.43. The molecule has 4 heteroatoms. The van der Waals surface area contributed by atoms with Crippen LogP contribution in [0.4, 0.5) is 0 Å². The fourth-order valence-electron chi connectivity index (χ4n) is 2.61. The van der Waals surface area contributed by atoms with Gasteiger partial charge in [0, 0.05) is 18.1 Å². The number of esters is 1. The van der Waals surface area contributed by atoms with Crippen molar-refractivity contribution in [2.24, 2.45) is 0 Å². The molecular weight excluding hydrogens is 268 g/mol. The van der Waals surface area contributed by atoms with Gasteiger partial charge in [-0.1, -0.05) is 30.3 Å². The second-order valence-electron chi connectivity index (χ2n) is 4.87. The number of hydrogen-bond donors (Lipinski definition) is 0. The Kier molecular flexibility index (Phi) is 3.52. The van der Waals surface area contributed by atoms with E-state index in [4.69, 9.17) is 14.2 Å². The van der Waals surface area contributed by atoms with Gasteiger partial charge < -0.3 is 14.2 Å². The topological polar surface area (TPSA) is 44.8 Å². The lowest BCUT2D eigenvalue weighted by atomic mass is 9.98. The number of benzene rings is 2. The van der Waals surface area contributed by atoms with Gasteiger partial charge in [0.15, 0.2) is 0 Å².